The van der Waals surface area contributed by atoms with Gasteiger partial charge in [-0.3, -0.25) is 47.9 Å². The van der Waals surface area contributed by atoms with Crippen LogP contribution in [0.1, 0.15) is 128 Å². The van der Waals surface area contributed by atoms with E-state index >= 15 is 0 Å². The van der Waals surface area contributed by atoms with E-state index in [1.807, 2.05) is 0 Å². The fourth-order valence-corrected chi connectivity index (χ4v) is 11.2. The number of ether oxygens (including phenoxy) is 6. The Morgan fingerprint density at radius 3 is 0.667 bits per heavy atom. The number of carboxylic acids is 5. The minimum Gasteiger partial charge on any atom is -0.481 e. The second-order valence-electron chi connectivity index (χ2n) is 20.9. The van der Waals surface area contributed by atoms with E-state index in [0.717, 1.165) is 0 Å². The Morgan fingerprint density at radius 2 is 0.472 bits per heavy atom. The summed E-state index contributed by atoms with van der Waals surface area (Å²) in [5.74, 6) is -21.5. The number of hydrogen-bond acceptors (Lipinski definition) is 17. The van der Waals surface area contributed by atoms with Crippen LogP contribution in [-0.2, 0) is 76.4 Å². The van der Waals surface area contributed by atoms with Gasteiger partial charge in [-0.1, -0.05) is 64.2 Å². The number of hydrogen-bond donors (Lipinski definition) is 6. The van der Waals surface area contributed by atoms with Crippen molar-refractivity contribution in [3.05, 3.63) is 0 Å². The van der Waals surface area contributed by atoms with Crippen LogP contribution < -0.4 is 0 Å². The predicted molar refractivity (Wildman–Crippen MR) is 243 cm³/mol. The van der Waals surface area contributed by atoms with Crippen molar-refractivity contribution in [2.45, 2.75) is 128 Å². The van der Waals surface area contributed by atoms with Gasteiger partial charge in [-0.25, -0.2) is 0 Å². The highest BCUT2D eigenvalue weighted by atomic mass is 16.6. The van der Waals surface area contributed by atoms with Gasteiger partial charge in [-0.15, -0.1) is 0 Å². The van der Waals surface area contributed by atoms with E-state index in [1.165, 1.54) is 0 Å². The Bertz CT molecular complexity index is 1780. The van der Waals surface area contributed by atoms with E-state index in [2.05, 4.69) is 0 Å². The predicted octanol–water partition coefficient (Wildman–Crippen LogP) is 4.14. The summed E-state index contributed by atoms with van der Waals surface area (Å²) in [6.07, 6.45) is 7.23. The lowest BCUT2D eigenvalue weighted by Gasteiger charge is -2.37. The fourth-order valence-electron chi connectivity index (χ4n) is 11.2. The van der Waals surface area contributed by atoms with E-state index in [0.29, 0.717) is 64.2 Å². The molecular formula is C50H72O22. The molecule has 5 aliphatic rings. The van der Waals surface area contributed by atoms with E-state index in [1.54, 1.807) is 0 Å². The van der Waals surface area contributed by atoms with Gasteiger partial charge < -0.3 is 59.1 Å². The summed E-state index contributed by atoms with van der Waals surface area (Å²) in [7, 11) is 0. The maximum Gasteiger partial charge on any atom is 0.309 e. The number of aliphatic carboxylic acids is 5. The summed E-state index contributed by atoms with van der Waals surface area (Å²) in [4.78, 5) is 130. The van der Waals surface area contributed by atoms with Crippen molar-refractivity contribution in [2.75, 3.05) is 52.9 Å². The number of aliphatic hydroxyl groups is 1. The molecule has 0 aromatic carbocycles. The molecule has 72 heavy (non-hydrogen) atoms. The molecule has 0 saturated heterocycles. The van der Waals surface area contributed by atoms with Crippen molar-refractivity contribution < 1.29 is 107 Å². The number of esters is 5. The van der Waals surface area contributed by atoms with Crippen LogP contribution in [0.2, 0.25) is 0 Å². The Labute approximate surface area is 417 Å². The molecule has 0 spiro atoms. The van der Waals surface area contributed by atoms with Crippen molar-refractivity contribution in [3.8, 4) is 0 Å². The topological polar surface area (TPSA) is 347 Å². The van der Waals surface area contributed by atoms with Gasteiger partial charge in [0.15, 0.2) is 0 Å². The van der Waals surface area contributed by atoms with E-state index in [9.17, 15) is 78.6 Å². The third-order valence-corrected chi connectivity index (χ3v) is 15.7. The van der Waals surface area contributed by atoms with Crippen LogP contribution in [0.25, 0.3) is 0 Å². The maximum atomic E-state index is 13.9. The molecule has 5 aliphatic carbocycles. The first-order valence-corrected chi connectivity index (χ1v) is 25.5. The van der Waals surface area contributed by atoms with Crippen LogP contribution in [0.15, 0.2) is 0 Å². The monoisotopic (exact) mass is 1020 g/mol. The van der Waals surface area contributed by atoms with Crippen molar-refractivity contribution in [2.24, 2.45) is 70.0 Å². The van der Waals surface area contributed by atoms with Crippen LogP contribution in [0.5, 0.6) is 0 Å². The quantitative estimate of drug-likeness (QED) is 0.0553. The number of aliphatic hydroxyl groups excluding tert-OH is 1. The lowest BCUT2D eigenvalue weighted by Crippen LogP contribution is -2.48. The van der Waals surface area contributed by atoms with Crippen LogP contribution in [-0.4, -0.2) is 143 Å². The molecule has 5 fully saturated rings. The molecular weight excluding hydrogens is 953 g/mol. The third kappa shape index (κ3) is 15.3. The molecule has 5 saturated carbocycles. The van der Waals surface area contributed by atoms with Gasteiger partial charge in [0.25, 0.3) is 0 Å². The highest BCUT2D eigenvalue weighted by Crippen LogP contribution is 2.38. The number of carboxylic acid groups (broad SMARTS) is 5. The van der Waals surface area contributed by atoms with Gasteiger partial charge in [-0.2, -0.15) is 0 Å². The SMILES string of the molecule is O=C(O)C1CCCCC1C(=O)OCC(CO)(COCC(COC(=O)C1CCCCC1C(=O)O)(COC(=O)C1CCCCC1C(=O)O)COC(=O)C1CCCCC1C(=O)O)COC(=O)C1CCCCC1C(=O)O. The van der Waals surface area contributed by atoms with Crippen LogP contribution >= 0.6 is 0 Å². The normalized spacial score (nSPS) is 29.3. The first-order chi connectivity index (χ1) is 34.3. The van der Waals surface area contributed by atoms with Crippen molar-refractivity contribution >= 4 is 59.7 Å². The average Bonchev–Trinajstić information content (AvgIpc) is 3.38. The molecule has 0 amide bonds. The lowest BCUT2D eigenvalue weighted by molar-refractivity contribution is -0.184. The largest absolute Gasteiger partial charge is 0.481 e. The van der Waals surface area contributed by atoms with E-state index in [-0.39, 0.29) is 64.2 Å². The summed E-state index contributed by atoms with van der Waals surface area (Å²) >= 11 is 0. The molecule has 10 unspecified atom stereocenters. The fraction of sp³-hybridized carbons (Fsp3) is 0.800. The van der Waals surface area contributed by atoms with Crippen molar-refractivity contribution in [1.82, 2.24) is 0 Å². The molecule has 0 heterocycles. The zero-order valence-corrected chi connectivity index (χ0v) is 40.8. The van der Waals surface area contributed by atoms with Gasteiger partial charge >= 0.3 is 59.7 Å². The Hall–Kier alpha value is -5.38. The molecule has 404 valence electrons. The molecule has 22 nitrogen and oxygen atoms in total. The third-order valence-electron chi connectivity index (χ3n) is 15.7. The van der Waals surface area contributed by atoms with Gasteiger partial charge in [-0.05, 0) is 64.2 Å². The smallest absolute Gasteiger partial charge is 0.309 e. The zero-order chi connectivity index (χ0) is 52.6. The molecule has 0 aromatic rings. The van der Waals surface area contributed by atoms with Crippen molar-refractivity contribution in [3.63, 3.8) is 0 Å². The Kier molecular flexibility index (Phi) is 21.6. The summed E-state index contributed by atoms with van der Waals surface area (Å²) in [6.45, 7) is -6.09. The summed E-state index contributed by atoms with van der Waals surface area (Å²) in [6, 6.07) is 0. The number of carbonyl (C=O) groups is 10. The minimum absolute atomic E-state index is 0.165. The molecule has 0 bridgehead atoms. The Morgan fingerprint density at radius 1 is 0.292 bits per heavy atom. The zero-order valence-electron chi connectivity index (χ0n) is 40.8. The molecule has 22 heteroatoms. The van der Waals surface area contributed by atoms with Gasteiger partial charge in [0, 0.05) is 0 Å². The van der Waals surface area contributed by atoms with Crippen LogP contribution in [0, 0.1) is 70.0 Å². The highest BCUT2D eigenvalue weighted by molar-refractivity contribution is 5.84. The number of rotatable bonds is 25. The van der Waals surface area contributed by atoms with Gasteiger partial charge in [0.05, 0.1) is 89.8 Å². The summed E-state index contributed by atoms with van der Waals surface area (Å²) in [5.41, 5.74) is -3.77. The van der Waals surface area contributed by atoms with E-state index < -0.39 is 183 Å². The average molecular weight is 1030 g/mol. The second-order valence-corrected chi connectivity index (χ2v) is 20.9. The van der Waals surface area contributed by atoms with Crippen LogP contribution in [0.4, 0.5) is 0 Å². The first kappa shape index (κ1) is 57.5. The molecule has 0 aliphatic heterocycles. The molecule has 6 N–H and O–H groups in total. The van der Waals surface area contributed by atoms with Crippen LogP contribution in [0.3, 0.4) is 0 Å². The number of carbonyl (C=O) groups excluding carboxylic acids is 5. The van der Waals surface area contributed by atoms with Gasteiger partial charge in [0.1, 0.15) is 33.0 Å². The van der Waals surface area contributed by atoms with Gasteiger partial charge in [0.2, 0.25) is 0 Å². The van der Waals surface area contributed by atoms with Crippen molar-refractivity contribution in [1.29, 1.82) is 0 Å². The second kappa shape index (κ2) is 27.1. The summed E-state index contributed by atoms with van der Waals surface area (Å²) < 4.78 is 35.1. The summed E-state index contributed by atoms with van der Waals surface area (Å²) in [5, 5.41) is 60.8. The maximum absolute atomic E-state index is 13.9. The lowest BCUT2D eigenvalue weighted by atomic mass is 9.79. The molecule has 10 atom stereocenters. The molecule has 0 aromatic heterocycles. The minimum atomic E-state index is -1.92. The Balaban J connectivity index is 1.49. The molecule has 5 rings (SSSR count). The van der Waals surface area contributed by atoms with E-state index in [4.69, 9.17) is 28.4 Å². The standard InChI is InChI=1S/C50H72O22/c51-21-49(24-68-44(62)34-16-6-1-11-29(34)39(52)53,25-69-45(63)35-17-7-2-12-30(35)40(54)55)22-67-23-50(26-70-46(64)36-18-8-3-13-31(36)41(56)57,27-71-47(65)37-19-9-4-14-32(37)42(58)59)28-72-48(66)38-20-10-5-15-33(38)43(60)61/h29-38,51H,1-28H2,(H,52,53)(H,54,55)(H,56,57)(H,58,59)(H,60,61). The first-order valence-electron chi connectivity index (χ1n) is 25.5. The molecule has 0 radical (unpaired) electrons. The highest BCUT2D eigenvalue weighted by Gasteiger charge is 2.47.